The molecule has 304 valence electrons. The molecule has 0 fully saturated rings. The SMILES string of the molecule is CN(C)C(=O)c1ccc(C2=c3ccc([nH]3)=C(c3ccc(C(N)=O)cc3)c3ccc([nH]3)C(c3ccc(C(N)=O)cc3)=c3ccc([nH]3)=C(c3ccc(C(N)=O)cc3)c3ccc2[nH]3)cc1. The summed E-state index contributed by atoms with van der Waals surface area (Å²) >= 11 is 0. The summed E-state index contributed by atoms with van der Waals surface area (Å²) in [7, 11) is 3.45. The zero-order valence-electron chi connectivity index (χ0n) is 33.7. The van der Waals surface area contributed by atoms with Crippen molar-refractivity contribution in [2.75, 3.05) is 14.1 Å². The highest BCUT2D eigenvalue weighted by molar-refractivity contribution is 5.96. The summed E-state index contributed by atoms with van der Waals surface area (Å²) in [5, 5.41) is 3.13. The molecule has 4 aromatic heterocycles. The number of nitrogens with two attached hydrogens (primary N) is 3. The Morgan fingerprint density at radius 1 is 0.339 bits per heavy atom. The number of aromatic nitrogens is 4. The van der Waals surface area contributed by atoms with Crippen molar-refractivity contribution >= 4 is 45.9 Å². The van der Waals surface area contributed by atoms with Crippen LogP contribution in [0.4, 0.5) is 0 Å². The number of carbonyl (C=O) groups is 4. The van der Waals surface area contributed by atoms with Gasteiger partial charge < -0.3 is 42.0 Å². The van der Waals surface area contributed by atoms with Crippen LogP contribution in [-0.2, 0) is 0 Å². The Morgan fingerprint density at radius 3 is 0.806 bits per heavy atom. The molecule has 4 amide bonds. The van der Waals surface area contributed by atoms with Crippen LogP contribution in [0.3, 0.4) is 0 Å². The van der Waals surface area contributed by atoms with Gasteiger partial charge in [0.25, 0.3) is 5.91 Å². The largest absolute Gasteiger partial charge is 0.366 e. The molecule has 8 bridgehead atoms. The number of aromatic amines is 4. The van der Waals surface area contributed by atoms with Crippen molar-refractivity contribution in [3.05, 3.63) is 234 Å². The maximum atomic E-state index is 12.9. The predicted octanol–water partition coefficient (Wildman–Crippen LogP) is 3.30. The van der Waals surface area contributed by atoms with Gasteiger partial charge in [-0.1, -0.05) is 48.5 Å². The first-order valence-electron chi connectivity index (χ1n) is 19.7. The van der Waals surface area contributed by atoms with Gasteiger partial charge in [-0.3, -0.25) is 19.2 Å². The van der Waals surface area contributed by atoms with E-state index in [1.54, 1.807) is 55.4 Å². The van der Waals surface area contributed by atoms with E-state index in [1.807, 2.05) is 109 Å². The molecule has 0 unspecified atom stereocenters. The Bertz CT molecular complexity index is 3340. The van der Waals surface area contributed by atoms with Crippen LogP contribution < -0.4 is 38.6 Å². The van der Waals surface area contributed by atoms with Crippen LogP contribution in [0.5, 0.6) is 0 Å². The quantitative estimate of drug-likeness (QED) is 0.123. The average Bonchev–Trinajstić information content (AvgIpc) is 4.12. The summed E-state index contributed by atoms with van der Waals surface area (Å²) in [5.41, 5.74) is 28.4. The fourth-order valence-electron chi connectivity index (χ4n) is 8.01. The summed E-state index contributed by atoms with van der Waals surface area (Å²) in [6.45, 7) is 0. The first-order valence-corrected chi connectivity index (χ1v) is 19.7. The molecule has 0 aliphatic carbocycles. The number of hydrogen-bond acceptors (Lipinski definition) is 4. The third kappa shape index (κ3) is 7.11. The van der Waals surface area contributed by atoms with E-state index in [0.717, 1.165) is 88.7 Å². The van der Waals surface area contributed by atoms with Gasteiger partial charge >= 0.3 is 0 Å². The van der Waals surface area contributed by atoms with E-state index in [1.165, 1.54) is 0 Å². The zero-order valence-corrected chi connectivity index (χ0v) is 33.7. The maximum Gasteiger partial charge on any atom is 0.253 e. The first kappa shape index (κ1) is 38.9. The third-order valence-electron chi connectivity index (χ3n) is 11.1. The van der Waals surface area contributed by atoms with Crippen molar-refractivity contribution < 1.29 is 19.2 Å². The topological polar surface area (TPSA) is 213 Å². The van der Waals surface area contributed by atoms with Gasteiger partial charge in [0.1, 0.15) is 0 Å². The number of fused-ring (bicyclic) bond motifs is 8. The van der Waals surface area contributed by atoms with E-state index in [4.69, 9.17) is 17.2 Å². The lowest BCUT2D eigenvalue weighted by atomic mass is 10.0. The molecule has 10 N–H and O–H groups in total. The number of primary amides is 3. The van der Waals surface area contributed by atoms with Crippen LogP contribution in [-0.4, -0.2) is 62.6 Å². The lowest BCUT2D eigenvalue weighted by Crippen LogP contribution is -2.21. The van der Waals surface area contributed by atoms with E-state index in [9.17, 15) is 19.2 Å². The minimum atomic E-state index is -0.528. The summed E-state index contributed by atoms with van der Waals surface area (Å²) in [6, 6.07) is 45.1. The molecule has 0 saturated carbocycles. The molecule has 1 aliphatic heterocycles. The summed E-state index contributed by atoms with van der Waals surface area (Å²) in [6.07, 6.45) is 0. The van der Waals surface area contributed by atoms with E-state index >= 15 is 0 Å². The lowest BCUT2D eigenvalue weighted by molar-refractivity contribution is 0.0826. The number of carbonyl (C=O) groups excluding carboxylic acids is 4. The van der Waals surface area contributed by atoms with Crippen LogP contribution in [0.15, 0.2) is 146 Å². The zero-order chi connectivity index (χ0) is 43.2. The molecule has 8 aromatic rings. The highest BCUT2D eigenvalue weighted by atomic mass is 16.2. The molecule has 9 rings (SSSR count). The first-order chi connectivity index (χ1) is 29.9. The van der Waals surface area contributed by atoms with Gasteiger partial charge in [0.05, 0.1) is 0 Å². The monoisotopic (exact) mass is 816 g/mol. The summed E-state index contributed by atoms with van der Waals surface area (Å²) in [4.78, 5) is 65.6. The number of nitrogens with one attached hydrogen (secondary N) is 4. The van der Waals surface area contributed by atoms with Gasteiger partial charge in [0.15, 0.2) is 0 Å². The van der Waals surface area contributed by atoms with E-state index in [-0.39, 0.29) is 5.91 Å². The van der Waals surface area contributed by atoms with Crippen LogP contribution >= 0.6 is 0 Å². The van der Waals surface area contributed by atoms with Crippen LogP contribution in [0.1, 0.15) is 86.5 Å². The second-order valence-corrected chi connectivity index (χ2v) is 15.2. The second-order valence-electron chi connectivity index (χ2n) is 15.2. The van der Waals surface area contributed by atoms with Gasteiger partial charge in [-0.05, 0) is 119 Å². The number of amides is 4. The molecule has 1 aliphatic rings. The van der Waals surface area contributed by atoms with Crippen LogP contribution in [0.25, 0.3) is 22.3 Å². The predicted molar refractivity (Wildman–Crippen MR) is 237 cm³/mol. The number of benzene rings is 4. The number of H-pyrrole nitrogens is 4. The van der Waals surface area contributed by atoms with Gasteiger partial charge in [0.2, 0.25) is 17.7 Å². The third-order valence-corrected chi connectivity index (χ3v) is 11.1. The molecule has 4 aromatic carbocycles. The van der Waals surface area contributed by atoms with Crippen LogP contribution in [0.2, 0.25) is 0 Å². The Balaban J connectivity index is 1.38. The minimum Gasteiger partial charge on any atom is -0.366 e. The van der Waals surface area contributed by atoms with Crippen molar-refractivity contribution in [2.24, 2.45) is 17.2 Å². The molecule has 12 nitrogen and oxygen atoms in total. The summed E-state index contributed by atoms with van der Waals surface area (Å²) < 4.78 is 0. The number of rotatable bonds is 8. The molecule has 0 atom stereocenters. The molecule has 12 heteroatoms. The van der Waals surface area contributed by atoms with Crippen molar-refractivity contribution in [3.8, 4) is 0 Å². The molecule has 0 saturated heterocycles. The van der Waals surface area contributed by atoms with E-state index in [2.05, 4.69) is 19.9 Å². The van der Waals surface area contributed by atoms with Gasteiger partial charge in [0, 0.05) is 103 Å². The minimum absolute atomic E-state index is 0.106. The van der Waals surface area contributed by atoms with Gasteiger partial charge in [-0.15, -0.1) is 0 Å². The van der Waals surface area contributed by atoms with Gasteiger partial charge in [-0.2, -0.15) is 0 Å². The number of nitrogens with zero attached hydrogens (tertiary/aromatic N) is 1. The van der Waals surface area contributed by atoms with E-state index < -0.39 is 17.7 Å². The molecule has 62 heavy (non-hydrogen) atoms. The molecular weight excluding hydrogens is 777 g/mol. The molecule has 5 heterocycles. The fraction of sp³-hybridized carbons (Fsp3) is 0.0400. The highest BCUT2D eigenvalue weighted by Crippen LogP contribution is 2.29. The lowest BCUT2D eigenvalue weighted by Gasteiger charge is -2.12. The second kappa shape index (κ2) is 15.5. The Hall–Kier alpha value is -8.64. The normalized spacial score (nSPS) is 12.4. The Morgan fingerprint density at radius 2 is 0.581 bits per heavy atom. The maximum absolute atomic E-state index is 12.9. The van der Waals surface area contributed by atoms with Crippen molar-refractivity contribution in [1.82, 2.24) is 24.8 Å². The van der Waals surface area contributed by atoms with Crippen molar-refractivity contribution in [1.29, 1.82) is 0 Å². The van der Waals surface area contributed by atoms with E-state index in [0.29, 0.717) is 22.3 Å². The summed E-state index contributed by atoms with van der Waals surface area (Å²) in [5.74, 6) is -1.69. The fourth-order valence-corrected chi connectivity index (χ4v) is 8.01. The smallest absolute Gasteiger partial charge is 0.253 e. The Labute approximate surface area is 354 Å². The van der Waals surface area contributed by atoms with Crippen molar-refractivity contribution in [3.63, 3.8) is 0 Å². The molecular formula is C50H40N8O4. The molecule has 0 spiro atoms. The highest BCUT2D eigenvalue weighted by Gasteiger charge is 2.20. The van der Waals surface area contributed by atoms with Gasteiger partial charge in [-0.25, -0.2) is 0 Å². The van der Waals surface area contributed by atoms with Crippen molar-refractivity contribution in [2.45, 2.75) is 0 Å². The standard InChI is InChI=1S/C50H40N8O4/c1-58(2)50(62)34-17-9-30(10-18-34)46-41-25-23-39(56-41)44(28-5-13-32(14-6-28)48(52)60)37-21-19-35(54-37)43(27-3-11-31(12-4-27)47(51)59)36-20-22-38(55-36)45(40-24-26-42(46)57-40)29-7-15-33(16-8-29)49(53)61/h3-26,54-57H,1-2H3,(H2,51,59)(H2,52,60)(H2,53,61). The average molecular weight is 817 g/mol. The number of hydrogen-bond donors (Lipinski definition) is 7. The molecule has 0 radical (unpaired) electrons. The Kier molecular flexibility index (Phi) is 9.72. The van der Waals surface area contributed by atoms with Crippen LogP contribution in [0, 0.1) is 0 Å².